The topological polar surface area (TPSA) is 103 Å². The van der Waals surface area contributed by atoms with E-state index in [2.05, 4.69) is 17.6 Å². The smallest absolute Gasteiger partial charge is 0.280 e. The van der Waals surface area contributed by atoms with Gasteiger partial charge in [0.15, 0.2) is 17.0 Å². The Hall–Kier alpha value is -3.98. The van der Waals surface area contributed by atoms with Gasteiger partial charge < -0.3 is 20.1 Å². The first-order valence-corrected chi connectivity index (χ1v) is 11.9. The van der Waals surface area contributed by atoms with E-state index in [-0.39, 0.29) is 29.5 Å². The molecule has 3 aromatic rings. The minimum atomic E-state index is -0.496. The Kier molecular flexibility index (Phi) is 7.57. The van der Waals surface area contributed by atoms with Crippen molar-refractivity contribution in [2.24, 2.45) is 0 Å². The second-order valence-electron chi connectivity index (χ2n) is 7.77. The Balaban J connectivity index is 1.55. The monoisotopic (exact) mass is 491 g/mol. The molecule has 0 radical (unpaired) electrons. The van der Waals surface area contributed by atoms with Crippen molar-refractivity contribution in [2.75, 3.05) is 12.4 Å². The number of aryl methyl sites for hydroxylation is 1. The molecule has 0 aromatic heterocycles. The summed E-state index contributed by atoms with van der Waals surface area (Å²) in [4.78, 5) is 24.3. The molecule has 1 heterocycles. The van der Waals surface area contributed by atoms with E-state index in [1.165, 1.54) is 42.6 Å². The van der Waals surface area contributed by atoms with E-state index in [1.807, 2.05) is 54.6 Å². The molecule has 1 atom stereocenters. The number of nitro groups is 1. The number of nitro benzene ring substituents is 1. The van der Waals surface area contributed by atoms with E-state index in [1.54, 1.807) is 0 Å². The molecule has 1 aliphatic rings. The molecule has 35 heavy (non-hydrogen) atoms. The SMILES string of the molecule is CCc1ccc(N[C@H]2NC(=O)/C(=C/c3cc(OC)c(OCc4ccccc4)cc3[N+](=O)[O-])S2)cc1. The van der Waals surface area contributed by atoms with Gasteiger partial charge in [-0.2, -0.15) is 0 Å². The number of nitrogens with one attached hydrogen (secondary N) is 2. The molecule has 9 heteroatoms. The maximum atomic E-state index is 12.6. The molecule has 0 saturated carbocycles. The van der Waals surface area contributed by atoms with E-state index >= 15 is 0 Å². The Morgan fingerprint density at radius 2 is 1.83 bits per heavy atom. The van der Waals surface area contributed by atoms with Gasteiger partial charge in [-0.15, -0.1) is 0 Å². The van der Waals surface area contributed by atoms with E-state index in [0.29, 0.717) is 10.7 Å². The molecule has 0 unspecified atom stereocenters. The Labute approximate surface area is 207 Å². The number of ether oxygens (including phenoxy) is 2. The van der Waals surface area contributed by atoms with Crippen molar-refractivity contribution in [3.63, 3.8) is 0 Å². The third-order valence-electron chi connectivity index (χ3n) is 5.42. The van der Waals surface area contributed by atoms with E-state index < -0.39 is 10.4 Å². The molecule has 1 aliphatic heterocycles. The van der Waals surface area contributed by atoms with Gasteiger partial charge in [0.2, 0.25) is 0 Å². The quantitative estimate of drug-likeness (QED) is 0.236. The number of anilines is 1. The molecule has 1 amide bonds. The van der Waals surface area contributed by atoms with Crippen LogP contribution in [0.1, 0.15) is 23.6 Å². The second kappa shape index (κ2) is 11.0. The number of thioether (sulfide) groups is 1. The third kappa shape index (κ3) is 5.93. The number of carbonyl (C=O) groups is 1. The number of nitrogens with zero attached hydrogens (tertiary/aromatic N) is 1. The van der Waals surface area contributed by atoms with Crippen LogP contribution < -0.4 is 20.1 Å². The van der Waals surface area contributed by atoms with E-state index in [9.17, 15) is 14.9 Å². The molecule has 180 valence electrons. The Morgan fingerprint density at radius 3 is 2.49 bits per heavy atom. The van der Waals surface area contributed by atoms with Gasteiger partial charge in [-0.05, 0) is 41.8 Å². The van der Waals surface area contributed by atoms with Crippen molar-refractivity contribution in [1.82, 2.24) is 5.32 Å². The van der Waals surface area contributed by atoms with E-state index in [0.717, 1.165) is 17.7 Å². The van der Waals surface area contributed by atoms with Gasteiger partial charge in [0, 0.05) is 5.69 Å². The summed E-state index contributed by atoms with van der Waals surface area (Å²) >= 11 is 1.26. The highest BCUT2D eigenvalue weighted by molar-refractivity contribution is 8.05. The lowest BCUT2D eigenvalue weighted by Gasteiger charge is -2.13. The van der Waals surface area contributed by atoms with Gasteiger partial charge in [0.05, 0.1) is 28.6 Å². The summed E-state index contributed by atoms with van der Waals surface area (Å²) in [7, 11) is 1.47. The fraction of sp³-hybridized carbons (Fsp3) is 0.192. The zero-order chi connectivity index (χ0) is 24.8. The van der Waals surface area contributed by atoms with Gasteiger partial charge in [-0.25, -0.2) is 0 Å². The molecular formula is C26H25N3O5S. The fourth-order valence-corrected chi connectivity index (χ4v) is 4.52. The number of rotatable bonds is 9. The van der Waals surface area contributed by atoms with Crippen LogP contribution >= 0.6 is 11.8 Å². The fourth-order valence-electron chi connectivity index (χ4n) is 3.54. The van der Waals surface area contributed by atoms with Gasteiger partial charge in [-0.3, -0.25) is 14.9 Å². The second-order valence-corrected chi connectivity index (χ2v) is 8.91. The van der Waals surface area contributed by atoms with Crippen LogP contribution in [-0.4, -0.2) is 23.4 Å². The van der Waals surface area contributed by atoms with Gasteiger partial charge in [0.1, 0.15) is 6.61 Å². The average molecular weight is 492 g/mol. The number of carbonyl (C=O) groups excluding carboxylic acids is 1. The molecule has 8 nitrogen and oxygen atoms in total. The largest absolute Gasteiger partial charge is 0.493 e. The normalized spacial score (nSPS) is 16.1. The van der Waals surface area contributed by atoms with Gasteiger partial charge >= 0.3 is 0 Å². The minimum Gasteiger partial charge on any atom is -0.493 e. The Bertz CT molecular complexity index is 1250. The Morgan fingerprint density at radius 1 is 1.09 bits per heavy atom. The molecular weight excluding hydrogens is 466 g/mol. The predicted molar refractivity (Wildman–Crippen MR) is 137 cm³/mol. The number of amides is 1. The maximum absolute atomic E-state index is 12.6. The van der Waals surface area contributed by atoms with Crippen LogP contribution in [0, 0.1) is 10.1 Å². The first-order valence-electron chi connectivity index (χ1n) is 11.0. The highest BCUT2D eigenvalue weighted by Gasteiger charge is 2.29. The lowest BCUT2D eigenvalue weighted by Crippen LogP contribution is -2.30. The molecule has 1 fully saturated rings. The van der Waals surface area contributed by atoms with Crippen LogP contribution in [0.3, 0.4) is 0 Å². The maximum Gasteiger partial charge on any atom is 0.280 e. The summed E-state index contributed by atoms with van der Waals surface area (Å²) < 4.78 is 11.2. The molecule has 0 bridgehead atoms. The predicted octanol–water partition coefficient (Wildman–Crippen LogP) is 5.34. The van der Waals surface area contributed by atoms with Crippen LogP contribution in [0.15, 0.2) is 71.6 Å². The first kappa shape index (κ1) is 24.2. The number of methoxy groups -OCH3 is 1. The highest BCUT2D eigenvalue weighted by atomic mass is 32.2. The molecule has 2 N–H and O–H groups in total. The summed E-state index contributed by atoms with van der Waals surface area (Å²) in [6.07, 6.45) is 2.45. The van der Waals surface area contributed by atoms with Crippen LogP contribution in [0.2, 0.25) is 0 Å². The van der Waals surface area contributed by atoms with Crippen molar-refractivity contribution >= 4 is 35.1 Å². The third-order valence-corrected chi connectivity index (χ3v) is 6.45. The standard InChI is InChI=1S/C26H25N3O5S/c1-3-17-9-11-20(12-10-17)27-26-28-25(30)24(35-26)14-19-13-22(33-2)23(15-21(19)29(31)32)34-16-18-7-5-4-6-8-18/h4-15,26-27H,3,16H2,1-2H3,(H,28,30)/b24-14-/t26-/m0/s1. The van der Waals surface area contributed by atoms with Gasteiger partial charge in [-0.1, -0.05) is 61.2 Å². The van der Waals surface area contributed by atoms with Crippen molar-refractivity contribution in [2.45, 2.75) is 25.4 Å². The van der Waals surface area contributed by atoms with Crippen molar-refractivity contribution in [3.05, 3.63) is 98.4 Å². The van der Waals surface area contributed by atoms with Crippen LogP contribution in [0.5, 0.6) is 11.5 Å². The van der Waals surface area contributed by atoms with Crippen molar-refractivity contribution < 1.29 is 19.2 Å². The van der Waals surface area contributed by atoms with Crippen molar-refractivity contribution in [3.8, 4) is 11.5 Å². The number of hydrogen-bond donors (Lipinski definition) is 2. The zero-order valence-electron chi connectivity index (χ0n) is 19.3. The minimum absolute atomic E-state index is 0.179. The summed E-state index contributed by atoms with van der Waals surface area (Å²) in [5, 5.41) is 17.9. The zero-order valence-corrected chi connectivity index (χ0v) is 20.1. The van der Waals surface area contributed by atoms with Crippen LogP contribution in [0.25, 0.3) is 6.08 Å². The molecule has 1 saturated heterocycles. The average Bonchev–Trinajstić information content (AvgIpc) is 3.21. The number of hydrogen-bond acceptors (Lipinski definition) is 7. The molecule has 0 aliphatic carbocycles. The van der Waals surface area contributed by atoms with Crippen LogP contribution in [-0.2, 0) is 17.8 Å². The molecule has 3 aromatic carbocycles. The number of benzene rings is 3. The summed E-state index contributed by atoms with van der Waals surface area (Å²) in [5.74, 6) is 0.284. The lowest BCUT2D eigenvalue weighted by molar-refractivity contribution is -0.385. The molecule has 4 rings (SSSR count). The first-order chi connectivity index (χ1) is 17.0. The van der Waals surface area contributed by atoms with Crippen molar-refractivity contribution in [1.29, 1.82) is 0 Å². The van der Waals surface area contributed by atoms with Crippen LogP contribution in [0.4, 0.5) is 11.4 Å². The summed E-state index contributed by atoms with van der Waals surface area (Å²) in [6, 6.07) is 20.3. The summed E-state index contributed by atoms with van der Waals surface area (Å²) in [5.41, 5.74) is 2.69. The highest BCUT2D eigenvalue weighted by Crippen LogP contribution is 2.38. The van der Waals surface area contributed by atoms with E-state index in [4.69, 9.17) is 9.47 Å². The van der Waals surface area contributed by atoms with Gasteiger partial charge in [0.25, 0.3) is 11.6 Å². The summed E-state index contributed by atoms with van der Waals surface area (Å²) in [6.45, 7) is 2.32. The molecule has 0 spiro atoms. The lowest BCUT2D eigenvalue weighted by atomic mass is 10.1.